The molecule has 0 unspecified atom stereocenters. The molecule has 0 spiro atoms. The molecule has 6 nitrogen and oxygen atoms in total. The first-order chi connectivity index (χ1) is 17.5. The molecule has 0 bridgehead atoms. The Morgan fingerprint density at radius 2 is 1.69 bits per heavy atom. The molecule has 0 radical (unpaired) electrons. The number of hydrogen-bond acceptors (Lipinski definition) is 4. The number of hydrogen-bond donors (Lipinski definition) is 3. The van der Waals surface area contributed by atoms with E-state index >= 15 is 4.39 Å². The number of fused-ring (bicyclic) bond motifs is 2. The van der Waals surface area contributed by atoms with Crippen molar-refractivity contribution < 1.29 is 8.78 Å². The van der Waals surface area contributed by atoms with Crippen LogP contribution in [0.5, 0.6) is 0 Å². The summed E-state index contributed by atoms with van der Waals surface area (Å²) >= 11 is 0. The summed E-state index contributed by atoms with van der Waals surface area (Å²) in [6.07, 6.45) is 3.44. The van der Waals surface area contributed by atoms with Crippen molar-refractivity contribution >= 4 is 27.6 Å². The molecular formula is C28H22F2N6. The average Bonchev–Trinajstić information content (AvgIpc) is 3.48. The summed E-state index contributed by atoms with van der Waals surface area (Å²) in [7, 11) is 0. The van der Waals surface area contributed by atoms with E-state index in [0.29, 0.717) is 39.1 Å². The molecule has 3 aromatic carbocycles. The van der Waals surface area contributed by atoms with Gasteiger partial charge in [-0.3, -0.25) is 10.1 Å². The lowest BCUT2D eigenvalue weighted by Crippen LogP contribution is -2.09. The van der Waals surface area contributed by atoms with Crippen LogP contribution < -0.4 is 5.32 Å². The van der Waals surface area contributed by atoms with Crippen LogP contribution in [0.2, 0.25) is 0 Å². The van der Waals surface area contributed by atoms with Crippen LogP contribution in [0.1, 0.15) is 13.8 Å². The lowest BCUT2D eigenvalue weighted by molar-refractivity contribution is 0.631. The van der Waals surface area contributed by atoms with Gasteiger partial charge in [0.2, 0.25) is 0 Å². The Balaban J connectivity index is 1.49. The van der Waals surface area contributed by atoms with E-state index in [9.17, 15) is 4.39 Å². The Morgan fingerprint density at radius 1 is 0.861 bits per heavy atom. The van der Waals surface area contributed by atoms with E-state index in [1.807, 2.05) is 44.2 Å². The third-order valence-electron chi connectivity index (χ3n) is 6.05. The summed E-state index contributed by atoms with van der Waals surface area (Å²) in [5.41, 5.74) is 5.54. The number of pyridine rings is 1. The number of aromatic amines is 2. The van der Waals surface area contributed by atoms with E-state index in [4.69, 9.17) is 4.98 Å². The monoisotopic (exact) mass is 480 g/mol. The van der Waals surface area contributed by atoms with Crippen molar-refractivity contribution in [1.82, 2.24) is 25.1 Å². The molecule has 0 amide bonds. The molecule has 6 aromatic rings. The van der Waals surface area contributed by atoms with Crippen LogP contribution in [0.25, 0.3) is 55.7 Å². The number of aromatic nitrogens is 5. The zero-order valence-electron chi connectivity index (χ0n) is 19.6. The molecule has 36 heavy (non-hydrogen) atoms. The van der Waals surface area contributed by atoms with Gasteiger partial charge in [0.05, 0.1) is 16.7 Å². The Kier molecular flexibility index (Phi) is 5.21. The highest BCUT2D eigenvalue weighted by atomic mass is 19.1. The van der Waals surface area contributed by atoms with Gasteiger partial charge < -0.3 is 10.3 Å². The third kappa shape index (κ3) is 3.76. The van der Waals surface area contributed by atoms with Gasteiger partial charge in [0.1, 0.15) is 22.8 Å². The summed E-state index contributed by atoms with van der Waals surface area (Å²) in [5.74, 6) is -0.286. The minimum absolute atomic E-state index is 0.240. The molecule has 0 fully saturated rings. The minimum atomic E-state index is -0.424. The largest absolute Gasteiger partial charge is 0.382 e. The molecule has 0 aliphatic carbocycles. The Labute approximate surface area is 205 Å². The van der Waals surface area contributed by atoms with Crippen molar-refractivity contribution in [3.8, 4) is 33.8 Å². The number of halogens is 2. The minimum Gasteiger partial charge on any atom is -0.382 e. The van der Waals surface area contributed by atoms with E-state index < -0.39 is 5.82 Å². The van der Waals surface area contributed by atoms with Crippen molar-refractivity contribution in [3.05, 3.63) is 84.7 Å². The van der Waals surface area contributed by atoms with Gasteiger partial charge in [-0.2, -0.15) is 5.10 Å². The number of rotatable bonds is 5. The lowest BCUT2D eigenvalue weighted by atomic mass is 10.0. The maximum Gasteiger partial charge on any atom is 0.159 e. The van der Waals surface area contributed by atoms with Gasteiger partial charge in [0.15, 0.2) is 5.82 Å². The van der Waals surface area contributed by atoms with Crippen LogP contribution in [0.3, 0.4) is 0 Å². The molecule has 3 N–H and O–H groups in total. The SMILES string of the molecule is CC(C)Nc1cncc(-c2cc(F)c3[nH]nc(-c4nc5c(-c6ccccc6F)cccc5[nH]4)c3c2)c1. The molecule has 3 aromatic heterocycles. The molecule has 8 heteroatoms. The van der Waals surface area contributed by atoms with E-state index in [2.05, 4.69) is 25.5 Å². The predicted octanol–water partition coefficient (Wildman–Crippen LogP) is 6.93. The van der Waals surface area contributed by atoms with E-state index in [1.54, 1.807) is 30.6 Å². The topological polar surface area (TPSA) is 82.3 Å². The van der Waals surface area contributed by atoms with Crippen LogP contribution >= 0.6 is 0 Å². The number of benzene rings is 3. The highest BCUT2D eigenvalue weighted by Crippen LogP contribution is 2.35. The van der Waals surface area contributed by atoms with Gasteiger partial charge in [-0.05, 0) is 49.7 Å². The molecule has 6 rings (SSSR count). The zero-order valence-corrected chi connectivity index (χ0v) is 19.6. The Hall–Kier alpha value is -4.59. The van der Waals surface area contributed by atoms with Crippen LogP contribution in [0.15, 0.2) is 73.1 Å². The Morgan fingerprint density at radius 3 is 2.53 bits per heavy atom. The first kappa shape index (κ1) is 21.9. The second-order valence-corrected chi connectivity index (χ2v) is 8.98. The van der Waals surface area contributed by atoms with Gasteiger partial charge in [-0.25, -0.2) is 13.8 Å². The molecule has 0 atom stereocenters. The molecule has 178 valence electrons. The number of para-hydroxylation sites is 1. The molecular weight excluding hydrogens is 458 g/mol. The molecule has 0 aliphatic heterocycles. The van der Waals surface area contributed by atoms with E-state index in [-0.39, 0.29) is 17.4 Å². The first-order valence-electron chi connectivity index (χ1n) is 11.6. The summed E-state index contributed by atoms with van der Waals surface area (Å²) in [6, 6.07) is 17.7. The van der Waals surface area contributed by atoms with Gasteiger partial charge in [-0.1, -0.05) is 30.3 Å². The molecule has 0 aliphatic rings. The van der Waals surface area contributed by atoms with Gasteiger partial charge >= 0.3 is 0 Å². The predicted molar refractivity (Wildman–Crippen MR) is 139 cm³/mol. The molecule has 3 heterocycles. The first-order valence-corrected chi connectivity index (χ1v) is 11.6. The fourth-order valence-electron chi connectivity index (χ4n) is 4.48. The number of anilines is 1. The molecule has 0 saturated heterocycles. The van der Waals surface area contributed by atoms with Gasteiger partial charge in [0, 0.05) is 40.5 Å². The fraction of sp³-hybridized carbons (Fsp3) is 0.107. The second kappa shape index (κ2) is 8.57. The number of H-pyrrole nitrogens is 2. The zero-order chi connectivity index (χ0) is 24.8. The van der Waals surface area contributed by atoms with Gasteiger partial charge in [0.25, 0.3) is 0 Å². The molecule has 0 saturated carbocycles. The highest BCUT2D eigenvalue weighted by molar-refractivity contribution is 5.98. The summed E-state index contributed by atoms with van der Waals surface area (Å²) in [5, 5.41) is 11.1. The quantitative estimate of drug-likeness (QED) is 0.250. The number of nitrogens with one attached hydrogen (secondary N) is 3. The second-order valence-electron chi connectivity index (χ2n) is 8.98. The highest BCUT2D eigenvalue weighted by Gasteiger charge is 2.19. The van der Waals surface area contributed by atoms with Crippen molar-refractivity contribution in [2.45, 2.75) is 19.9 Å². The van der Waals surface area contributed by atoms with Crippen LogP contribution in [-0.4, -0.2) is 31.2 Å². The van der Waals surface area contributed by atoms with Crippen molar-refractivity contribution in [2.24, 2.45) is 0 Å². The normalized spacial score (nSPS) is 11.6. The standard InChI is InChI=1S/C28H22F2N6/c1-15(2)32-18-10-17(13-31-14-18)16-11-21-25(23(30)12-16)35-36-27(21)28-33-24-9-5-7-20(26(24)34-28)19-6-3-4-8-22(19)29/h3-15,32H,1-2H3,(H,33,34)(H,35,36). The average molecular weight is 481 g/mol. The summed E-state index contributed by atoms with van der Waals surface area (Å²) in [4.78, 5) is 12.3. The van der Waals surface area contributed by atoms with Crippen LogP contribution in [0, 0.1) is 11.6 Å². The van der Waals surface area contributed by atoms with Crippen LogP contribution in [0.4, 0.5) is 14.5 Å². The van der Waals surface area contributed by atoms with E-state index in [1.165, 1.54) is 12.1 Å². The lowest BCUT2D eigenvalue weighted by Gasteiger charge is -2.11. The van der Waals surface area contributed by atoms with Gasteiger partial charge in [-0.15, -0.1) is 0 Å². The summed E-state index contributed by atoms with van der Waals surface area (Å²) < 4.78 is 29.7. The smallest absolute Gasteiger partial charge is 0.159 e. The fourth-order valence-corrected chi connectivity index (χ4v) is 4.48. The summed E-state index contributed by atoms with van der Waals surface area (Å²) in [6.45, 7) is 4.09. The van der Waals surface area contributed by atoms with Crippen LogP contribution in [-0.2, 0) is 0 Å². The van der Waals surface area contributed by atoms with Crippen molar-refractivity contribution in [1.29, 1.82) is 0 Å². The van der Waals surface area contributed by atoms with Crippen molar-refractivity contribution in [3.63, 3.8) is 0 Å². The van der Waals surface area contributed by atoms with E-state index in [0.717, 1.165) is 16.8 Å². The Bertz CT molecular complexity index is 1730. The number of imidazole rings is 1. The maximum absolute atomic E-state index is 15.1. The number of nitrogens with zero attached hydrogens (tertiary/aromatic N) is 3. The maximum atomic E-state index is 15.1. The van der Waals surface area contributed by atoms with Crippen molar-refractivity contribution in [2.75, 3.05) is 5.32 Å². The third-order valence-corrected chi connectivity index (χ3v) is 6.05.